The molecule has 0 radical (unpaired) electrons. The Bertz CT molecular complexity index is 441. The van der Waals surface area contributed by atoms with Crippen molar-refractivity contribution in [2.75, 3.05) is 11.4 Å². The first kappa shape index (κ1) is 14.6. The molecule has 1 aliphatic carbocycles. The summed E-state index contributed by atoms with van der Waals surface area (Å²) in [6, 6.07) is 0.663. The molecule has 0 amide bonds. The highest BCUT2D eigenvalue weighted by molar-refractivity contribution is 6.30. The van der Waals surface area contributed by atoms with Gasteiger partial charge in [-0.1, -0.05) is 38.8 Å². The van der Waals surface area contributed by atoms with E-state index in [1.807, 2.05) is 6.92 Å². The number of hydrogen-bond donors (Lipinski definition) is 0. The largest absolute Gasteiger partial charge is 0.353 e. The Kier molecular flexibility index (Phi) is 4.67. The molecular formula is C15H24ClN3. The average molecular weight is 282 g/mol. The Morgan fingerprint density at radius 1 is 1.32 bits per heavy atom. The molecule has 106 valence electrons. The van der Waals surface area contributed by atoms with Crippen molar-refractivity contribution in [3.05, 3.63) is 16.5 Å². The number of unbranched alkanes of at least 4 members (excludes halogenated alkanes) is 1. The normalized spacial score (nSPS) is 15.1. The van der Waals surface area contributed by atoms with Gasteiger partial charge in [-0.2, -0.15) is 0 Å². The maximum absolute atomic E-state index is 6.29. The molecule has 1 heterocycles. The third-order valence-corrected chi connectivity index (χ3v) is 3.97. The van der Waals surface area contributed by atoms with E-state index in [4.69, 9.17) is 16.6 Å². The minimum atomic E-state index is 0.309. The SMILES string of the molecule is CCCCN(c1nc(C(C)C)nc(Cl)c1C)C1CC1. The second kappa shape index (κ2) is 6.08. The molecule has 0 aromatic carbocycles. The van der Waals surface area contributed by atoms with E-state index in [1.165, 1.54) is 25.7 Å². The average Bonchev–Trinajstić information content (AvgIpc) is 3.18. The van der Waals surface area contributed by atoms with Crippen molar-refractivity contribution in [2.45, 2.75) is 65.3 Å². The molecule has 0 bridgehead atoms. The van der Waals surface area contributed by atoms with Crippen LogP contribution < -0.4 is 4.90 Å². The molecule has 1 fully saturated rings. The predicted molar refractivity (Wildman–Crippen MR) is 81.1 cm³/mol. The lowest BCUT2D eigenvalue weighted by Crippen LogP contribution is -2.29. The van der Waals surface area contributed by atoms with Gasteiger partial charge in [-0.3, -0.25) is 0 Å². The second-order valence-electron chi connectivity index (χ2n) is 5.75. The van der Waals surface area contributed by atoms with E-state index >= 15 is 0 Å². The van der Waals surface area contributed by atoms with Crippen LogP contribution in [0.4, 0.5) is 5.82 Å². The van der Waals surface area contributed by atoms with Crippen LogP contribution in [-0.4, -0.2) is 22.6 Å². The van der Waals surface area contributed by atoms with Crippen LogP contribution in [0.5, 0.6) is 0 Å². The van der Waals surface area contributed by atoms with Crippen molar-refractivity contribution in [2.24, 2.45) is 0 Å². The number of hydrogen-bond acceptors (Lipinski definition) is 3. The first-order chi connectivity index (χ1) is 9.04. The molecule has 3 nitrogen and oxygen atoms in total. The summed E-state index contributed by atoms with van der Waals surface area (Å²) in [6.07, 6.45) is 4.97. The Morgan fingerprint density at radius 3 is 2.53 bits per heavy atom. The van der Waals surface area contributed by atoms with Gasteiger partial charge in [0.2, 0.25) is 0 Å². The van der Waals surface area contributed by atoms with Crippen LogP contribution >= 0.6 is 11.6 Å². The van der Waals surface area contributed by atoms with Crippen LogP contribution in [0, 0.1) is 6.92 Å². The maximum Gasteiger partial charge on any atom is 0.137 e. The molecule has 1 aromatic heterocycles. The van der Waals surface area contributed by atoms with Gasteiger partial charge in [0.15, 0.2) is 0 Å². The number of anilines is 1. The van der Waals surface area contributed by atoms with Crippen LogP contribution in [0.2, 0.25) is 5.15 Å². The Labute approximate surface area is 121 Å². The zero-order valence-corrected chi connectivity index (χ0v) is 13.2. The first-order valence-corrected chi connectivity index (χ1v) is 7.73. The van der Waals surface area contributed by atoms with E-state index in [0.29, 0.717) is 17.1 Å². The molecule has 19 heavy (non-hydrogen) atoms. The number of nitrogens with zero attached hydrogens (tertiary/aromatic N) is 3. The summed E-state index contributed by atoms with van der Waals surface area (Å²) in [6.45, 7) is 9.55. The monoisotopic (exact) mass is 281 g/mol. The quantitative estimate of drug-likeness (QED) is 0.727. The zero-order valence-electron chi connectivity index (χ0n) is 12.4. The third kappa shape index (κ3) is 3.38. The van der Waals surface area contributed by atoms with Crippen LogP contribution in [0.1, 0.15) is 63.8 Å². The van der Waals surface area contributed by atoms with Gasteiger partial charge in [-0.15, -0.1) is 0 Å². The molecule has 0 unspecified atom stereocenters. The topological polar surface area (TPSA) is 29.0 Å². The molecule has 1 aromatic rings. The lowest BCUT2D eigenvalue weighted by atomic mass is 10.2. The summed E-state index contributed by atoms with van der Waals surface area (Å²) < 4.78 is 0. The number of rotatable bonds is 6. The second-order valence-corrected chi connectivity index (χ2v) is 6.11. The van der Waals surface area contributed by atoms with E-state index in [0.717, 1.165) is 23.8 Å². The molecule has 0 spiro atoms. The van der Waals surface area contributed by atoms with Crippen LogP contribution in [0.15, 0.2) is 0 Å². The molecule has 0 atom stereocenters. The van der Waals surface area contributed by atoms with E-state index in [1.54, 1.807) is 0 Å². The lowest BCUT2D eigenvalue weighted by molar-refractivity contribution is 0.689. The molecule has 1 aliphatic rings. The molecule has 0 aliphatic heterocycles. The molecule has 0 N–H and O–H groups in total. The summed E-state index contributed by atoms with van der Waals surface area (Å²) in [5, 5.41) is 0.607. The predicted octanol–water partition coefficient (Wildman–Crippen LogP) is 4.33. The van der Waals surface area contributed by atoms with Gasteiger partial charge in [0.05, 0.1) is 0 Å². The molecule has 0 saturated heterocycles. The van der Waals surface area contributed by atoms with Gasteiger partial charge in [0, 0.05) is 24.1 Å². The summed E-state index contributed by atoms with van der Waals surface area (Å²) in [4.78, 5) is 11.6. The molecule has 4 heteroatoms. The smallest absolute Gasteiger partial charge is 0.137 e. The highest BCUT2D eigenvalue weighted by atomic mass is 35.5. The highest BCUT2D eigenvalue weighted by Crippen LogP contribution is 2.34. The van der Waals surface area contributed by atoms with E-state index in [9.17, 15) is 0 Å². The van der Waals surface area contributed by atoms with Crippen LogP contribution in [-0.2, 0) is 0 Å². The van der Waals surface area contributed by atoms with Gasteiger partial charge in [0.25, 0.3) is 0 Å². The van der Waals surface area contributed by atoms with Crippen molar-refractivity contribution < 1.29 is 0 Å². The van der Waals surface area contributed by atoms with E-state index in [2.05, 4.69) is 30.7 Å². The summed E-state index contributed by atoms with van der Waals surface area (Å²) in [5.41, 5.74) is 1.02. The number of halogens is 1. The minimum Gasteiger partial charge on any atom is -0.353 e. The third-order valence-electron chi connectivity index (χ3n) is 3.61. The first-order valence-electron chi connectivity index (χ1n) is 7.35. The van der Waals surface area contributed by atoms with Gasteiger partial charge in [-0.25, -0.2) is 9.97 Å². The molecule has 2 rings (SSSR count). The number of aromatic nitrogens is 2. The highest BCUT2D eigenvalue weighted by Gasteiger charge is 2.31. The van der Waals surface area contributed by atoms with Crippen molar-refractivity contribution in [1.82, 2.24) is 9.97 Å². The van der Waals surface area contributed by atoms with Gasteiger partial charge in [0.1, 0.15) is 16.8 Å². The zero-order chi connectivity index (χ0) is 14.0. The minimum absolute atomic E-state index is 0.309. The summed E-state index contributed by atoms with van der Waals surface area (Å²) in [5.74, 6) is 2.22. The van der Waals surface area contributed by atoms with Crippen molar-refractivity contribution in [3.63, 3.8) is 0 Å². The fourth-order valence-corrected chi connectivity index (χ4v) is 2.38. The van der Waals surface area contributed by atoms with Crippen LogP contribution in [0.25, 0.3) is 0 Å². The Morgan fingerprint density at radius 2 is 2.00 bits per heavy atom. The van der Waals surface area contributed by atoms with Crippen molar-refractivity contribution in [1.29, 1.82) is 0 Å². The fraction of sp³-hybridized carbons (Fsp3) is 0.733. The summed E-state index contributed by atoms with van der Waals surface area (Å²) in [7, 11) is 0. The van der Waals surface area contributed by atoms with Crippen LogP contribution in [0.3, 0.4) is 0 Å². The van der Waals surface area contributed by atoms with Crippen molar-refractivity contribution in [3.8, 4) is 0 Å². The van der Waals surface area contributed by atoms with Gasteiger partial charge in [-0.05, 0) is 26.2 Å². The molecular weight excluding hydrogens is 258 g/mol. The summed E-state index contributed by atoms with van der Waals surface area (Å²) >= 11 is 6.29. The fourth-order valence-electron chi connectivity index (χ4n) is 2.21. The standard InChI is InChI=1S/C15H24ClN3/c1-5-6-9-19(12-7-8-12)15-11(4)13(16)17-14(18-15)10(2)3/h10,12H,5-9H2,1-4H3. The molecule has 1 saturated carbocycles. The van der Waals surface area contributed by atoms with E-state index < -0.39 is 0 Å². The maximum atomic E-state index is 6.29. The van der Waals surface area contributed by atoms with Crippen molar-refractivity contribution >= 4 is 17.4 Å². The van der Waals surface area contributed by atoms with Gasteiger partial charge < -0.3 is 4.90 Å². The van der Waals surface area contributed by atoms with Gasteiger partial charge >= 0.3 is 0 Å². The Balaban J connectivity index is 2.34. The lowest BCUT2D eigenvalue weighted by Gasteiger charge is -2.26. The van der Waals surface area contributed by atoms with E-state index in [-0.39, 0.29) is 0 Å². The Hall–Kier alpha value is -0.830.